The van der Waals surface area contributed by atoms with Gasteiger partial charge in [0, 0.05) is 11.6 Å². The van der Waals surface area contributed by atoms with E-state index in [1.165, 1.54) is 6.07 Å². The molecule has 0 saturated heterocycles. The first-order chi connectivity index (χ1) is 11.2. The monoisotopic (exact) mass is 303 g/mol. The van der Waals surface area contributed by atoms with Crippen LogP contribution in [0.25, 0.3) is 33.7 Å². The Kier molecular flexibility index (Phi) is 3.05. The van der Waals surface area contributed by atoms with Crippen LogP contribution < -0.4 is 5.43 Å². The van der Waals surface area contributed by atoms with Crippen LogP contribution in [0, 0.1) is 6.92 Å². The number of rotatable bonds is 2. The van der Waals surface area contributed by atoms with Crippen LogP contribution in [0.1, 0.15) is 5.56 Å². The van der Waals surface area contributed by atoms with Crippen molar-refractivity contribution < 1.29 is 4.42 Å². The second-order valence-electron chi connectivity index (χ2n) is 5.36. The van der Waals surface area contributed by atoms with Gasteiger partial charge in [0.05, 0.1) is 5.39 Å². The standard InChI is InChI=1S/C18H13N3O2/c1-11-6-8-12(9-7-11)17-18(20-21-19-17)16-10-14(22)13-4-2-3-5-15(13)23-16/h2-10H,1H3,(H,19,20,21). The highest BCUT2D eigenvalue weighted by Gasteiger charge is 2.16. The minimum Gasteiger partial charge on any atom is -0.454 e. The maximum atomic E-state index is 12.3. The molecule has 0 bridgehead atoms. The molecule has 4 aromatic rings. The van der Waals surface area contributed by atoms with Gasteiger partial charge >= 0.3 is 0 Å². The van der Waals surface area contributed by atoms with Crippen LogP contribution >= 0.6 is 0 Å². The minimum absolute atomic E-state index is 0.0975. The van der Waals surface area contributed by atoms with Gasteiger partial charge in [0.25, 0.3) is 0 Å². The third-order valence-electron chi connectivity index (χ3n) is 3.74. The van der Waals surface area contributed by atoms with Crippen molar-refractivity contribution in [2.75, 3.05) is 0 Å². The smallest absolute Gasteiger partial charge is 0.193 e. The van der Waals surface area contributed by atoms with E-state index in [0.29, 0.717) is 28.1 Å². The normalized spacial score (nSPS) is 11.0. The molecule has 5 nitrogen and oxygen atoms in total. The third kappa shape index (κ3) is 2.32. The van der Waals surface area contributed by atoms with Gasteiger partial charge in [0.15, 0.2) is 16.9 Å². The van der Waals surface area contributed by atoms with Gasteiger partial charge in [-0.2, -0.15) is 15.4 Å². The van der Waals surface area contributed by atoms with Crippen molar-refractivity contribution in [3.8, 4) is 22.7 Å². The first kappa shape index (κ1) is 13.5. The molecule has 0 aliphatic rings. The molecule has 0 atom stereocenters. The predicted molar refractivity (Wildman–Crippen MR) is 88.0 cm³/mol. The van der Waals surface area contributed by atoms with Gasteiger partial charge < -0.3 is 4.42 Å². The van der Waals surface area contributed by atoms with E-state index in [1.54, 1.807) is 12.1 Å². The quantitative estimate of drug-likeness (QED) is 0.614. The fraction of sp³-hybridized carbons (Fsp3) is 0.0556. The average Bonchev–Trinajstić information content (AvgIpc) is 3.05. The molecule has 0 aliphatic carbocycles. The molecule has 2 heterocycles. The van der Waals surface area contributed by atoms with E-state index >= 15 is 0 Å². The fourth-order valence-corrected chi connectivity index (χ4v) is 2.54. The number of fused-ring (bicyclic) bond motifs is 1. The Morgan fingerprint density at radius 1 is 0.957 bits per heavy atom. The Morgan fingerprint density at radius 3 is 2.52 bits per heavy atom. The summed E-state index contributed by atoms with van der Waals surface area (Å²) < 4.78 is 5.85. The summed E-state index contributed by atoms with van der Waals surface area (Å²) in [4.78, 5) is 12.3. The molecular formula is C18H13N3O2. The van der Waals surface area contributed by atoms with Gasteiger partial charge in [-0.05, 0) is 19.1 Å². The van der Waals surface area contributed by atoms with Crippen LogP contribution in [0.4, 0.5) is 0 Å². The maximum Gasteiger partial charge on any atom is 0.193 e. The molecule has 0 spiro atoms. The lowest BCUT2D eigenvalue weighted by molar-refractivity contribution is 0.616. The largest absolute Gasteiger partial charge is 0.454 e. The Bertz CT molecular complexity index is 1050. The summed E-state index contributed by atoms with van der Waals surface area (Å²) in [6.45, 7) is 2.02. The SMILES string of the molecule is Cc1ccc(-c2n[nH]nc2-c2cc(=O)c3ccccc3o2)cc1. The van der Waals surface area contributed by atoms with Gasteiger partial charge in [0.2, 0.25) is 0 Å². The number of benzene rings is 2. The van der Waals surface area contributed by atoms with E-state index in [-0.39, 0.29) is 5.43 Å². The molecule has 0 fully saturated rings. The van der Waals surface area contributed by atoms with Crippen LogP contribution in [0.2, 0.25) is 0 Å². The number of aryl methyl sites for hydroxylation is 1. The topological polar surface area (TPSA) is 71.8 Å². The number of hydrogen-bond acceptors (Lipinski definition) is 4. The molecule has 23 heavy (non-hydrogen) atoms. The fourth-order valence-electron chi connectivity index (χ4n) is 2.54. The van der Waals surface area contributed by atoms with Crippen molar-refractivity contribution in [2.24, 2.45) is 0 Å². The molecule has 0 amide bonds. The Hall–Kier alpha value is -3.21. The van der Waals surface area contributed by atoms with Crippen LogP contribution in [0.15, 0.2) is 63.8 Å². The van der Waals surface area contributed by atoms with Crippen molar-refractivity contribution in [1.29, 1.82) is 0 Å². The summed E-state index contributed by atoms with van der Waals surface area (Å²) in [5.41, 5.74) is 3.69. The minimum atomic E-state index is -0.0975. The second kappa shape index (κ2) is 5.21. The van der Waals surface area contributed by atoms with Crippen LogP contribution in [0.3, 0.4) is 0 Å². The number of H-pyrrole nitrogens is 1. The highest BCUT2D eigenvalue weighted by Crippen LogP contribution is 2.29. The number of aromatic amines is 1. The lowest BCUT2D eigenvalue weighted by Gasteiger charge is -2.03. The van der Waals surface area contributed by atoms with Crippen molar-refractivity contribution >= 4 is 11.0 Å². The molecule has 112 valence electrons. The Balaban J connectivity index is 1.91. The summed E-state index contributed by atoms with van der Waals surface area (Å²) in [7, 11) is 0. The van der Waals surface area contributed by atoms with E-state index in [1.807, 2.05) is 43.3 Å². The van der Waals surface area contributed by atoms with Crippen LogP contribution in [0.5, 0.6) is 0 Å². The van der Waals surface area contributed by atoms with E-state index < -0.39 is 0 Å². The molecular weight excluding hydrogens is 290 g/mol. The summed E-state index contributed by atoms with van der Waals surface area (Å²) in [5.74, 6) is 0.401. The molecule has 2 aromatic carbocycles. The summed E-state index contributed by atoms with van der Waals surface area (Å²) in [5, 5.41) is 11.5. The molecule has 0 saturated carbocycles. The molecule has 0 aliphatic heterocycles. The molecule has 0 unspecified atom stereocenters. The van der Waals surface area contributed by atoms with Gasteiger partial charge in [-0.15, -0.1) is 0 Å². The van der Waals surface area contributed by atoms with Crippen LogP contribution in [-0.2, 0) is 0 Å². The lowest BCUT2D eigenvalue weighted by Crippen LogP contribution is -2.00. The maximum absolute atomic E-state index is 12.3. The van der Waals surface area contributed by atoms with Crippen LogP contribution in [-0.4, -0.2) is 15.4 Å². The number of nitrogens with one attached hydrogen (secondary N) is 1. The summed E-state index contributed by atoms with van der Waals surface area (Å²) in [6, 6.07) is 16.6. The number of hydrogen-bond donors (Lipinski definition) is 1. The van der Waals surface area contributed by atoms with Gasteiger partial charge in [-0.3, -0.25) is 4.79 Å². The van der Waals surface area contributed by atoms with Crippen molar-refractivity contribution in [3.05, 3.63) is 70.4 Å². The Labute approximate surface area is 131 Å². The number of nitrogens with zero attached hydrogens (tertiary/aromatic N) is 2. The zero-order chi connectivity index (χ0) is 15.8. The highest BCUT2D eigenvalue weighted by molar-refractivity contribution is 5.81. The average molecular weight is 303 g/mol. The van der Waals surface area contributed by atoms with E-state index in [0.717, 1.165) is 11.1 Å². The van der Waals surface area contributed by atoms with Gasteiger partial charge in [0.1, 0.15) is 11.3 Å². The molecule has 2 aromatic heterocycles. The van der Waals surface area contributed by atoms with Gasteiger partial charge in [-0.1, -0.05) is 42.0 Å². The van der Waals surface area contributed by atoms with E-state index in [9.17, 15) is 4.79 Å². The van der Waals surface area contributed by atoms with Crippen molar-refractivity contribution in [2.45, 2.75) is 6.92 Å². The predicted octanol–water partition coefficient (Wildman–Crippen LogP) is 3.55. The summed E-state index contributed by atoms with van der Waals surface area (Å²) in [6.07, 6.45) is 0. The first-order valence-electron chi connectivity index (χ1n) is 7.23. The number of aromatic nitrogens is 3. The number of para-hydroxylation sites is 1. The molecule has 1 N–H and O–H groups in total. The van der Waals surface area contributed by atoms with E-state index in [2.05, 4.69) is 15.4 Å². The second-order valence-corrected chi connectivity index (χ2v) is 5.36. The van der Waals surface area contributed by atoms with E-state index in [4.69, 9.17) is 4.42 Å². The summed E-state index contributed by atoms with van der Waals surface area (Å²) >= 11 is 0. The lowest BCUT2D eigenvalue weighted by atomic mass is 10.1. The van der Waals surface area contributed by atoms with Crippen molar-refractivity contribution in [1.82, 2.24) is 15.4 Å². The van der Waals surface area contributed by atoms with Crippen molar-refractivity contribution in [3.63, 3.8) is 0 Å². The Morgan fingerprint density at radius 2 is 1.70 bits per heavy atom. The first-order valence-corrected chi connectivity index (χ1v) is 7.23. The molecule has 5 heteroatoms. The zero-order valence-electron chi connectivity index (χ0n) is 12.4. The highest BCUT2D eigenvalue weighted by atomic mass is 16.3. The molecule has 4 rings (SSSR count). The zero-order valence-corrected chi connectivity index (χ0v) is 12.4. The third-order valence-corrected chi connectivity index (χ3v) is 3.74. The van der Waals surface area contributed by atoms with Gasteiger partial charge in [-0.25, -0.2) is 0 Å². The molecule has 0 radical (unpaired) electrons.